The van der Waals surface area contributed by atoms with Gasteiger partial charge in [0.1, 0.15) is 5.75 Å². The zero-order chi connectivity index (χ0) is 22.1. The molecular formula is C24H41IN4O2S. The number of guanidine groups is 1. The van der Waals surface area contributed by atoms with Crippen molar-refractivity contribution in [2.75, 3.05) is 39.0 Å². The van der Waals surface area contributed by atoms with Crippen molar-refractivity contribution in [1.82, 2.24) is 15.5 Å². The summed E-state index contributed by atoms with van der Waals surface area (Å²) < 4.78 is 18.0. The number of nitrogens with zero attached hydrogens (tertiary/aromatic N) is 2. The molecule has 4 unspecified atom stereocenters. The highest BCUT2D eigenvalue weighted by molar-refractivity contribution is 14.0. The predicted molar refractivity (Wildman–Crippen MR) is 146 cm³/mol. The van der Waals surface area contributed by atoms with Crippen LogP contribution in [0.2, 0.25) is 0 Å². The first kappa shape index (κ1) is 27.4. The lowest BCUT2D eigenvalue weighted by Crippen LogP contribution is -2.47. The molecular weight excluding hydrogens is 535 g/mol. The second kappa shape index (κ2) is 14.4. The quantitative estimate of drug-likeness (QED) is 0.264. The van der Waals surface area contributed by atoms with E-state index in [1.54, 1.807) is 7.11 Å². The lowest BCUT2D eigenvalue weighted by atomic mass is 9.95. The van der Waals surface area contributed by atoms with E-state index in [-0.39, 0.29) is 30.0 Å². The molecule has 0 radical (unpaired) electrons. The normalized spacial score (nSPS) is 23.8. The van der Waals surface area contributed by atoms with Crippen molar-refractivity contribution < 1.29 is 8.95 Å². The monoisotopic (exact) mass is 576 g/mol. The number of methoxy groups -OCH3 is 1. The summed E-state index contributed by atoms with van der Waals surface area (Å²) in [4.78, 5) is 7.55. The summed E-state index contributed by atoms with van der Waals surface area (Å²) in [5.41, 5.74) is 1.21. The fraction of sp³-hybridized carbons (Fsp3) is 0.708. The molecule has 1 aliphatic heterocycles. The number of aliphatic imine (C=N–C) groups is 1. The predicted octanol–water partition coefficient (Wildman–Crippen LogP) is 4.09. The van der Waals surface area contributed by atoms with Crippen LogP contribution in [0.4, 0.5) is 0 Å². The van der Waals surface area contributed by atoms with Crippen LogP contribution in [0.1, 0.15) is 64.0 Å². The average Bonchev–Trinajstić information content (AvgIpc) is 3.34. The van der Waals surface area contributed by atoms with E-state index in [1.807, 2.05) is 19.1 Å². The summed E-state index contributed by atoms with van der Waals surface area (Å²) in [5, 5.41) is 7.38. The van der Waals surface area contributed by atoms with Crippen LogP contribution in [-0.2, 0) is 10.8 Å². The molecule has 0 bridgehead atoms. The second-order valence-corrected chi connectivity index (χ2v) is 10.5. The number of hydrogen-bond donors (Lipinski definition) is 2. The number of para-hydroxylation sites is 1. The van der Waals surface area contributed by atoms with Crippen molar-refractivity contribution in [2.45, 2.75) is 69.7 Å². The van der Waals surface area contributed by atoms with Crippen molar-refractivity contribution in [3.8, 4) is 5.75 Å². The third-order valence-electron chi connectivity index (χ3n) is 6.47. The first-order chi connectivity index (χ1) is 15.2. The molecule has 1 heterocycles. The molecule has 1 aliphatic carbocycles. The Morgan fingerprint density at radius 2 is 1.97 bits per heavy atom. The van der Waals surface area contributed by atoms with E-state index >= 15 is 0 Å². The lowest BCUT2D eigenvalue weighted by Gasteiger charge is -2.31. The number of ether oxygens (including phenoxy) is 1. The van der Waals surface area contributed by atoms with Crippen LogP contribution in [0.5, 0.6) is 5.75 Å². The maximum atomic E-state index is 12.3. The molecule has 4 atom stereocenters. The smallest absolute Gasteiger partial charge is 0.191 e. The molecule has 1 aromatic carbocycles. The second-order valence-electron chi connectivity index (χ2n) is 8.52. The number of rotatable bonds is 9. The molecule has 1 saturated carbocycles. The summed E-state index contributed by atoms with van der Waals surface area (Å²) in [6.45, 7) is 7.85. The van der Waals surface area contributed by atoms with Crippen molar-refractivity contribution in [2.24, 2.45) is 4.99 Å². The third-order valence-corrected chi connectivity index (χ3v) is 8.21. The van der Waals surface area contributed by atoms with Crippen LogP contribution >= 0.6 is 24.0 Å². The Bertz CT molecular complexity index is 742. The van der Waals surface area contributed by atoms with Gasteiger partial charge in [-0.25, -0.2) is 0 Å². The van der Waals surface area contributed by atoms with Gasteiger partial charge in [0, 0.05) is 40.0 Å². The molecule has 0 spiro atoms. The summed E-state index contributed by atoms with van der Waals surface area (Å²) >= 11 is 0. The molecule has 2 aliphatic rings. The van der Waals surface area contributed by atoms with E-state index < -0.39 is 10.8 Å². The molecule has 6 nitrogen and oxygen atoms in total. The Kier molecular flexibility index (Phi) is 12.3. The minimum Gasteiger partial charge on any atom is -0.496 e. The van der Waals surface area contributed by atoms with E-state index in [9.17, 15) is 4.21 Å². The van der Waals surface area contributed by atoms with Crippen LogP contribution in [-0.4, -0.2) is 65.4 Å². The number of benzene rings is 1. The largest absolute Gasteiger partial charge is 0.496 e. The topological polar surface area (TPSA) is 66.0 Å². The van der Waals surface area contributed by atoms with Crippen LogP contribution in [0.25, 0.3) is 0 Å². The minimum absolute atomic E-state index is 0. The van der Waals surface area contributed by atoms with Crippen LogP contribution < -0.4 is 15.4 Å². The summed E-state index contributed by atoms with van der Waals surface area (Å²) in [5.74, 6) is 2.56. The molecule has 0 aromatic heterocycles. The van der Waals surface area contributed by atoms with Crippen molar-refractivity contribution in [1.29, 1.82) is 0 Å². The highest BCUT2D eigenvalue weighted by Crippen LogP contribution is 2.32. The first-order valence-electron chi connectivity index (χ1n) is 11.9. The number of halogens is 1. The van der Waals surface area contributed by atoms with Gasteiger partial charge in [-0.2, -0.15) is 0 Å². The highest BCUT2D eigenvalue weighted by Gasteiger charge is 2.28. The summed E-state index contributed by atoms with van der Waals surface area (Å²) in [7, 11) is 1.03. The fourth-order valence-electron chi connectivity index (χ4n) is 4.85. The van der Waals surface area contributed by atoms with Gasteiger partial charge in [-0.05, 0) is 58.2 Å². The fourth-order valence-corrected chi connectivity index (χ4v) is 6.20. The molecule has 2 N–H and O–H groups in total. The van der Waals surface area contributed by atoms with Gasteiger partial charge in [-0.15, -0.1) is 24.0 Å². The van der Waals surface area contributed by atoms with Gasteiger partial charge < -0.3 is 15.4 Å². The highest BCUT2D eigenvalue weighted by atomic mass is 127. The maximum absolute atomic E-state index is 12.3. The molecule has 1 saturated heterocycles. The molecule has 182 valence electrons. The number of hydrogen-bond acceptors (Lipinski definition) is 4. The Morgan fingerprint density at radius 1 is 1.22 bits per heavy atom. The van der Waals surface area contributed by atoms with E-state index in [2.05, 4.69) is 34.6 Å². The third kappa shape index (κ3) is 7.58. The molecule has 2 fully saturated rings. The molecule has 32 heavy (non-hydrogen) atoms. The molecule has 0 amide bonds. The van der Waals surface area contributed by atoms with E-state index in [0.717, 1.165) is 62.8 Å². The average molecular weight is 577 g/mol. The van der Waals surface area contributed by atoms with Gasteiger partial charge in [0.05, 0.1) is 19.7 Å². The van der Waals surface area contributed by atoms with Crippen LogP contribution in [0.15, 0.2) is 29.3 Å². The molecule has 1 aromatic rings. The van der Waals surface area contributed by atoms with E-state index in [1.165, 1.54) is 18.4 Å². The van der Waals surface area contributed by atoms with Gasteiger partial charge in [0.25, 0.3) is 0 Å². The van der Waals surface area contributed by atoms with Crippen molar-refractivity contribution in [3.05, 3.63) is 29.8 Å². The lowest BCUT2D eigenvalue weighted by molar-refractivity contribution is 0.245. The molecule has 3 rings (SSSR count). The Morgan fingerprint density at radius 3 is 2.66 bits per heavy atom. The standard InChI is InChI=1S/C24H40N4O2S.HI/c1-4-25-24(27-19-11-10-12-20(17-19)31(29)5-2)26-18-22(28-15-8-9-16-28)21-13-6-7-14-23(21)30-3;/h6-7,13-14,19-20,22H,4-5,8-12,15-18H2,1-3H3,(H2,25,26,27);1H. The zero-order valence-electron chi connectivity index (χ0n) is 19.8. The van der Waals surface area contributed by atoms with Crippen molar-refractivity contribution in [3.63, 3.8) is 0 Å². The molecule has 8 heteroatoms. The van der Waals surface area contributed by atoms with Gasteiger partial charge in [-0.1, -0.05) is 31.5 Å². The Labute approximate surface area is 213 Å². The Hall–Kier alpha value is -0.870. The Balaban J connectivity index is 0.00000363. The first-order valence-corrected chi connectivity index (χ1v) is 13.3. The zero-order valence-corrected chi connectivity index (χ0v) is 23.0. The summed E-state index contributed by atoms with van der Waals surface area (Å²) in [6.07, 6.45) is 6.77. The minimum atomic E-state index is -0.715. The number of likely N-dealkylation sites (tertiary alicyclic amines) is 1. The van der Waals surface area contributed by atoms with Crippen molar-refractivity contribution >= 4 is 40.7 Å². The van der Waals surface area contributed by atoms with Gasteiger partial charge in [0.15, 0.2) is 5.96 Å². The SMILES string of the molecule is CCNC(=NCC(c1ccccc1OC)N1CCCC1)NC1CCCC(S(=O)CC)C1.I. The maximum Gasteiger partial charge on any atom is 0.191 e. The van der Waals surface area contributed by atoms with Crippen LogP contribution in [0.3, 0.4) is 0 Å². The van der Waals surface area contributed by atoms with E-state index in [0.29, 0.717) is 17.8 Å². The van der Waals surface area contributed by atoms with Gasteiger partial charge in [-0.3, -0.25) is 14.1 Å². The van der Waals surface area contributed by atoms with Crippen LogP contribution in [0, 0.1) is 0 Å². The summed E-state index contributed by atoms with van der Waals surface area (Å²) in [6, 6.07) is 8.87. The van der Waals surface area contributed by atoms with E-state index in [4.69, 9.17) is 9.73 Å². The number of nitrogens with one attached hydrogen (secondary N) is 2. The van der Waals surface area contributed by atoms with Gasteiger partial charge in [0.2, 0.25) is 0 Å². The van der Waals surface area contributed by atoms with Gasteiger partial charge >= 0.3 is 0 Å².